The number of benzene rings is 2. The molecule has 0 unspecified atom stereocenters. The van der Waals surface area contributed by atoms with E-state index in [2.05, 4.69) is 5.32 Å². The lowest BCUT2D eigenvalue weighted by molar-refractivity contribution is -0.137. The summed E-state index contributed by atoms with van der Waals surface area (Å²) < 4.78 is 51.0. The molecular formula is C13H10F4N2. The highest BCUT2D eigenvalue weighted by atomic mass is 19.4. The average molecular weight is 270 g/mol. The Morgan fingerprint density at radius 2 is 1.58 bits per heavy atom. The molecule has 2 nitrogen and oxygen atoms in total. The van der Waals surface area contributed by atoms with Crippen molar-refractivity contribution in [1.29, 1.82) is 0 Å². The molecule has 0 fully saturated rings. The maximum absolute atomic E-state index is 13.5. The van der Waals surface area contributed by atoms with Crippen LogP contribution in [0.2, 0.25) is 0 Å². The van der Waals surface area contributed by atoms with Crippen LogP contribution in [0, 0.1) is 5.82 Å². The van der Waals surface area contributed by atoms with Crippen molar-refractivity contribution in [3.05, 3.63) is 53.8 Å². The number of nitrogens with two attached hydrogens (primary N) is 1. The first-order valence-corrected chi connectivity index (χ1v) is 5.35. The monoisotopic (exact) mass is 270 g/mol. The Morgan fingerprint density at radius 1 is 0.947 bits per heavy atom. The zero-order chi connectivity index (χ0) is 14.0. The first-order valence-electron chi connectivity index (χ1n) is 5.35. The van der Waals surface area contributed by atoms with Gasteiger partial charge in [-0.05, 0) is 42.5 Å². The molecule has 2 aromatic carbocycles. The highest BCUT2D eigenvalue weighted by Crippen LogP contribution is 2.32. The van der Waals surface area contributed by atoms with E-state index in [-0.39, 0.29) is 5.69 Å². The summed E-state index contributed by atoms with van der Waals surface area (Å²) in [5, 5.41) is 2.58. The molecule has 0 heterocycles. The molecule has 0 bridgehead atoms. The van der Waals surface area contributed by atoms with Gasteiger partial charge in [0.05, 0.1) is 11.3 Å². The average Bonchev–Trinajstić information content (AvgIpc) is 2.33. The molecular weight excluding hydrogens is 260 g/mol. The van der Waals surface area contributed by atoms with Gasteiger partial charge in [-0.1, -0.05) is 0 Å². The van der Waals surface area contributed by atoms with Crippen molar-refractivity contribution in [3.8, 4) is 0 Å². The molecule has 0 aliphatic carbocycles. The fourth-order valence-corrected chi connectivity index (χ4v) is 1.52. The van der Waals surface area contributed by atoms with E-state index in [1.54, 1.807) is 24.3 Å². The van der Waals surface area contributed by atoms with Crippen LogP contribution in [0.5, 0.6) is 0 Å². The number of hydrogen-bond donors (Lipinski definition) is 2. The van der Waals surface area contributed by atoms with Crippen molar-refractivity contribution in [2.75, 3.05) is 11.1 Å². The summed E-state index contributed by atoms with van der Waals surface area (Å²) in [7, 11) is 0. The Hall–Kier alpha value is -2.24. The maximum Gasteiger partial charge on any atom is 0.416 e. The second-order valence-electron chi connectivity index (χ2n) is 3.94. The molecule has 2 aromatic rings. The van der Waals surface area contributed by atoms with Crippen molar-refractivity contribution in [1.82, 2.24) is 0 Å². The van der Waals surface area contributed by atoms with E-state index in [0.29, 0.717) is 17.4 Å². The van der Waals surface area contributed by atoms with E-state index < -0.39 is 17.6 Å². The van der Waals surface area contributed by atoms with E-state index in [4.69, 9.17) is 5.73 Å². The van der Waals surface area contributed by atoms with Gasteiger partial charge in [-0.15, -0.1) is 0 Å². The second kappa shape index (κ2) is 4.79. The topological polar surface area (TPSA) is 38.0 Å². The van der Waals surface area contributed by atoms with Crippen molar-refractivity contribution in [2.24, 2.45) is 0 Å². The first-order chi connectivity index (χ1) is 8.86. The van der Waals surface area contributed by atoms with Crippen LogP contribution in [0.25, 0.3) is 0 Å². The van der Waals surface area contributed by atoms with Crippen molar-refractivity contribution in [2.45, 2.75) is 6.18 Å². The van der Waals surface area contributed by atoms with Crippen molar-refractivity contribution in [3.63, 3.8) is 0 Å². The minimum atomic E-state index is -4.51. The number of nitrogens with one attached hydrogen (secondary N) is 1. The van der Waals surface area contributed by atoms with Gasteiger partial charge in [0.15, 0.2) is 0 Å². The highest BCUT2D eigenvalue weighted by Gasteiger charge is 2.31. The van der Waals surface area contributed by atoms with Gasteiger partial charge in [0, 0.05) is 11.4 Å². The summed E-state index contributed by atoms with van der Waals surface area (Å²) >= 11 is 0. The number of alkyl halides is 3. The van der Waals surface area contributed by atoms with Gasteiger partial charge in [0.2, 0.25) is 0 Å². The van der Waals surface area contributed by atoms with Gasteiger partial charge in [0.1, 0.15) is 5.82 Å². The van der Waals surface area contributed by atoms with Gasteiger partial charge in [-0.25, -0.2) is 4.39 Å². The Morgan fingerprint density at radius 3 is 2.16 bits per heavy atom. The fourth-order valence-electron chi connectivity index (χ4n) is 1.52. The molecule has 0 saturated carbocycles. The SMILES string of the molecule is Nc1ccc(Nc2cc(C(F)(F)F)ccc2F)cc1. The Bertz CT molecular complexity index is 576. The van der Waals surface area contributed by atoms with E-state index in [0.717, 1.165) is 12.1 Å². The van der Waals surface area contributed by atoms with Crippen LogP contribution in [0.3, 0.4) is 0 Å². The lowest BCUT2D eigenvalue weighted by atomic mass is 10.1. The number of halogens is 4. The smallest absolute Gasteiger partial charge is 0.399 e. The summed E-state index contributed by atoms with van der Waals surface area (Å²) in [5.74, 6) is -0.759. The van der Waals surface area contributed by atoms with Gasteiger partial charge in [-0.3, -0.25) is 0 Å². The normalized spacial score (nSPS) is 11.4. The second-order valence-corrected chi connectivity index (χ2v) is 3.94. The molecule has 0 spiro atoms. The zero-order valence-electron chi connectivity index (χ0n) is 9.63. The lowest BCUT2D eigenvalue weighted by Gasteiger charge is -2.11. The Labute approximate surface area is 106 Å². The number of rotatable bonds is 2. The first kappa shape index (κ1) is 13.2. The van der Waals surface area contributed by atoms with Crippen LogP contribution < -0.4 is 11.1 Å². The number of anilines is 3. The summed E-state index contributed by atoms with van der Waals surface area (Å²) in [6, 6.07) is 8.43. The Kier molecular flexibility index (Phi) is 3.33. The third-order valence-corrected chi connectivity index (χ3v) is 2.48. The molecule has 100 valence electrons. The fraction of sp³-hybridized carbons (Fsp3) is 0.0769. The van der Waals surface area contributed by atoms with Crippen molar-refractivity contribution >= 4 is 17.1 Å². The molecule has 3 N–H and O–H groups in total. The molecule has 19 heavy (non-hydrogen) atoms. The van der Waals surface area contributed by atoms with Crippen LogP contribution in [0.15, 0.2) is 42.5 Å². The Balaban J connectivity index is 2.31. The summed E-state index contributed by atoms with van der Waals surface area (Å²) in [6.45, 7) is 0. The minimum Gasteiger partial charge on any atom is -0.399 e. The third kappa shape index (κ3) is 3.15. The predicted octanol–water partition coefficient (Wildman–Crippen LogP) is 4.17. The molecule has 0 amide bonds. The number of nitrogen functional groups attached to an aromatic ring is 1. The van der Waals surface area contributed by atoms with Crippen LogP contribution in [-0.2, 0) is 6.18 Å². The van der Waals surface area contributed by atoms with E-state index in [1.807, 2.05) is 0 Å². The van der Waals surface area contributed by atoms with Crippen LogP contribution in [-0.4, -0.2) is 0 Å². The standard InChI is InChI=1S/C13H10F4N2/c14-11-6-1-8(13(15,16)17)7-12(11)19-10-4-2-9(18)3-5-10/h1-7,19H,18H2. The lowest BCUT2D eigenvalue weighted by Crippen LogP contribution is -2.06. The molecule has 0 radical (unpaired) electrons. The molecule has 0 aromatic heterocycles. The van der Waals surface area contributed by atoms with E-state index in [1.165, 1.54) is 0 Å². The van der Waals surface area contributed by atoms with Gasteiger partial charge in [0.25, 0.3) is 0 Å². The van der Waals surface area contributed by atoms with Crippen molar-refractivity contribution < 1.29 is 17.6 Å². The number of hydrogen-bond acceptors (Lipinski definition) is 2. The summed E-state index contributed by atoms with van der Waals surface area (Å²) in [4.78, 5) is 0. The maximum atomic E-state index is 13.5. The van der Waals surface area contributed by atoms with Gasteiger partial charge < -0.3 is 11.1 Å². The van der Waals surface area contributed by atoms with E-state index in [9.17, 15) is 17.6 Å². The van der Waals surface area contributed by atoms with E-state index >= 15 is 0 Å². The zero-order valence-corrected chi connectivity index (χ0v) is 9.63. The third-order valence-electron chi connectivity index (χ3n) is 2.48. The van der Waals surface area contributed by atoms with Gasteiger partial charge in [-0.2, -0.15) is 13.2 Å². The van der Waals surface area contributed by atoms with Crippen LogP contribution in [0.1, 0.15) is 5.56 Å². The highest BCUT2D eigenvalue weighted by molar-refractivity contribution is 5.63. The summed E-state index contributed by atoms with van der Waals surface area (Å²) in [5.41, 5.74) is 5.29. The quantitative estimate of drug-likeness (QED) is 0.635. The summed E-state index contributed by atoms with van der Waals surface area (Å²) in [6.07, 6.45) is -4.51. The molecule has 6 heteroatoms. The van der Waals surface area contributed by atoms with Gasteiger partial charge >= 0.3 is 6.18 Å². The minimum absolute atomic E-state index is 0.236. The molecule has 2 rings (SSSR count). The molecule has 0 atom stereocenters. The molecule has 0 aliphatic heterocycles. The molecule has 0 saturated heterocycles. The molecule has 0 aliphatic rings. The van der Waals surface area contributed by atoms with Crippen LogP contribution >= 0.6 is 0 Å². The predicted molar refractivity (Wildman–Crippen MR) is 65.5 cm³/mol. The van der Waals surface area contributed by atoms with Crippen LogP contribution in [0.4, 0.5) is 34.6 Å². The largest absolute Gasteiger partial charge is 0.416 e.